The molecule has 3 aromatic carbocycles. The van der Waals surface area contributed by atoms with E-state index in [9.17, 15) is 0 Å². The van der Waals surface area contributed by atoms with Gasteiger partial charge in [0.25, 0.3) is 0 Å². The summed E-state index contributed by atoms with van der Waals surface area (Å²) in [5, 5.41) is 0. The van der Waals surface area contributed by atoms with Crippen molar-refractivity contribution in [1.82, 2.24) is 0 Å². The van der Waals surface area contributed by atoms with Crippen LogP contribution in [-0.2, 0) is 5.41 Å². The summed E-state index contributed by atoms with van der Waals surface area (Å²) in [6.07, 6.45) is 3.38. The summed E-state index contributed by atoms with van der Waals surface area (Å²) < 4.78 is 0. The van der Waals surface area contributed by atoms with E-state index in [4.69, 9.17) is 0 Å². The molecule has 0 bridgehead atoms. The van der Waals surface area contributed by atoms with Crippen LogP contribution in [0.2, 0.25) is 0 Å². The second-order valence-electron chi connectivity index (χ2n) is 7.67. The van der Waals surface area contributed by atoms with Gasteiger partial charge in [-0.15, -0.1) is 6.58 Å². The summed E-state index contributed by atoms with van der Waals surface area (Å²) in [7, 11) is 0. The van der Waals surface area contributed by atoms with Crippen molar-refractivity contribution in [3.05, 3.63) is 108 Å². The van der Waals surface area contributed by atoms with Crippen LogP contribution in [0.15, 0.2) is 91.5 Å². The van der Waals surface area contributed by atoms with E-state index in [1.165, 1.54) is 34.2 Å². The third-order valence-electron chi connectivity index (χ3n) is 6.74. The first-order valence-electron chi connectivity index (χ1n) is 9.71. The van der Waals surface area contributed by atoms with Gasteiger partial charge in [-0.1, -0.05) is 98.3 Å². The largest absolute Gasteiger partial charge is 0.102 e. The van der Waals surface area contributed by atoms with Crippen molar-refractivity contribution in [3.8, 4) is 11.1 Å². The standard InChI is InChI=1S/C26H24/c1-3-19(18-12-6-5-7-13-18)25-22(4-2)26(25)23-16-10-8-14-20(23)21-15-9-11-17-24(21)26/h3,5-17,19,22,25H,1,4H2,2H3/t19?,22-,25+/m0/s1. The van der Waals surface area contributed by atoms with Crippen LogP contribution in [0.5, 0.6) is 0 Å². The van der Waals surface area contributed by atoms with Crippen LogP contribution in [0.3, 0.4) is 0 Å². The zero-order valence-electron chi connectivity index (χ0n) is 15.2. The molecule has 128 valence electrons. The molecule has 5 rings (SSSR count). The highest BCUT2D eigenvalue weighted by Crippen LogP contribution is 2.74. The topological polar surface area (TPSA) is 0 Å². The zero-order chi connectivity index (χ0) is 17.7. The SMILES string of the molecule is C=CC(c1ccccc1)[C@@H]1[C@H](CC)C12c1ccccc1-c1ccccc12. The molecule has 1 spiro atoms. The molecular weight excluding hydrogens is 312 g/mol. The van der Waals surface area contributed by atoms with Gasteiger partial charge in [-0.05, 0) is 39.7 Å². The van der Waals surface area contributed by atoms with E-state index in [1.54, 1.807) is 0 Å². The molecule has 1 saturated carbocycles. The van der Waals surface area contributed by atoms with Gasteiger partial charge < -0.3 is 0 Å². The van der Waals surface area contributed by atoms with Crippen molar-refractivity contribution in [2.75, 3.05) is 0 Å². The Hall–Kier alpha value is -2.60. The molecule has 0 nitrogen and oxygen atoms in total. The van der Waals surface area contributed by atoms with Crippen molar-refractivity contribution < 1.29 is 0 Å². The predicted molar refractivity (Wildman–Crippen MR) is 109 cm³/mol. The fourth-order valence-electron chi connectivity index (χ4n) is 5.82. The highest BCUT2D eigenvalue weighted by atomic mass is 14.7. The number of allylic oxidation sites excluding steroid dienone is 1. The molecule has 0 saturated heterocycles. The molecule has 1 fully saturated rings. The first-order valence-corrected chi connectivity index (χ1v) is 9.71. The third kappa shape index (κ3) is 1.85. The average Bonchev–Trinajstić information content (AvgIpc) is 3.28. The lowest BCUT2D eigenvalue weighted by atomic mass is 9.83. The fraction of sp³-hybridized carbons (Fsp3) is 0.231. The van der Waals surface area contributed by atoms with Crippen LogP contribution < -0.4 is 0 Å². The Morgan fingerprint density at radius 3 is 1.92 bits per heavy atom. The number of hydrogen-bond acceptors (Lipinski definition) is 0. The Morgan fingerprint density at radius 2 is 1.38 bits per heavy atom. The highest BCUT2D eigenvalue weighted by Gasteiger charge is 2.69. The van der Waals surface area contributed by atoms with E-state index < -0.39 is 0 Å². The van der Waals surface area contributed by atoms with Gasteiger partial charge in [0, 0.05) is 11.3 Å². The summed E-state index contributed by atoms with van der Waals surface area (Å²) in [5.41, 5.74) is 7.46. The van der Waals surface area contributed by atoms with E-state index >= 15 is 0 Å². The Morgan fingerprint density at radius 1 is 0.846 bits per heavy atom. The van der Waals surface area contributed by atoms with Gasteiger partial charge in [0.15, 0.2) is 0 Å². The van der Waals surface area contributed by atoms with Crippen molar-refractivity contribution in [1.29, 1.82) is 0 Å². The minimum atomic E-state index is 0.149. The normalized spacial score (nSPS) is 22.5. The highest BCUT2D eigenvalue weighted by molar-refractivity contribution is 5.84. The number of fused-ring (bicyclic) bond motifs is 5. The molecule has 0 heteroatoms. The Labute approximate surface area is 156 Å². The minimum absolute atomic E-state index is 0.149. The molecule has 0 heterocycles. The summed E-state index contributed by atoms with van der Waals surface area (Å²) in [6, 6.07) is 29.0. The zero-order valence-corrected chi connectivity index (χ0v) is 15.2. The molecule has 0 amide bonds. The lowest BCUT2D eigenvalue weighted by Gasteiger charge is -2.19. The molecule has 3 aromatic rings. The second-order valence-corrected chi connectivity index (χ2v) is 7.67. The molecule has 0 radical (unpaired) electrons. The molecule has 3 atom stereocenters. The molecule has 2 aliphatic carbocycles. The van der Waals surface area contributed by atoms with Crippen LogP contribution in [0, 0.1) is 11.8 Å². The Bertz CT molecular complexity index is 921. The van der Waals surface area contributed by atoms with Crippen LogP contribution in [-0.4, -0.2) is 0 Å². The van der Waals surface area contributed by atoms with Crippen molar-refractivity contribution in [2.45, 2.75) is 24.7 Å². The predicted octanol–water partition coefficient (Wildman–Crippen LogP) is 6.58. The van der Waals surface area contributed by atoms with Crippen LogP contribution in [0.1, 0.15) is 36.0 Å². The molecule has 0 N–H and O–H groups in total. The van der Waals surface area contributed by atoms with E-state index in [2.05, 4.69) is 98.4 Å². The van der Waals surface area contributed by atoms with Gasteiger partial charge in [0.1, 0.15) is 0 Å². The minimum Gasteiger partial charge on any atom is -0.102 e. The Kier molecular flexibility index (Phi) is 3.43. The van der Waals surface area contributed by atoms with Gasteiger partial charge in [-0.3, -0.25) is 0 Å². The van der Waals surface area contributed by atoms with Crippen LogP contribution >= 0.6 is 0 Å². The van der Waals surface area contributed by atoms with Gasteiger partial charge in [-0.2, -0.15) is 0 Å². The Balaban J connectivity index is 1.72. The quantitative estimate of drug-likeness (QED) is 0.472. The number of rotatable bonds is 4. The molecule has 0 aliphatic heterocycles. The maximum absolute atomic E-state index is 4.23. The lowest BCUT2D eigenvalue weighted by Crippen LogP contribution is -2.13. The maximum Gasteiger partial charge on any atom is 0.0286 e. The second kappa shape index (κ2) is 5.71. The summed E-state index contributed by atoms with van der Waals surface area (Å²) >= 11 is 0. The van der Waals surface area contributed by atoms with E-state index in [0.717, 1.165) is 0 Å². The van der Waals surface area contributed by atoms with Crippen molar-refractivity contribution in [3.63, 3.8) is 0 Å². The first kappa shape index (κ1) is 15.6. The monoisotopic (exact) mass is 336 g/mol. The maximum atomic E-state index is 4.23. The van der Waals surface area contributed by atoms with Crippen LogP contribution in [0.25, 0.3) is 11.1 Å². The molecular formula is C26H24. The first-order chi connectivity index (χ1) is 12.8. The van der Waals surface area contributed by atoms with Crippen molar-refractivity contribution >= 4 is 0 Å². The number of hydrogen-bond donors (Lipinski definition) is 0. The summed E-state index contributed by atoms with van der Waals surface area (Å²) in [5.74, 6) is 1.63. The molecule has 1 unspecified atom stereocenters. The van der Waals surface area contributed by atoms with Crippen LogP contribution in [0.4, 0.5) is 0 Å². The molecule has 0 aromatic heterocycles. The smallest absolute Gasteiger partial charge is 0.0286 e. The number of benzene rings is 3. The van der Waals surface area contributed by atoms with Gasteiger partial charge in [0.2, 0.25) is 0 Å². The van der Waals surface area contributed by atoms with E-state index in [1.807, 2.05) is 0 Å². The van der Waals surface area contributed by atoms with Gasteiger partial charge in [0.05, 0.1) is 0 Å². The van der Waals surface area contributed by atoms with Crippen molar-refractivity contribution in [2.24, 2.45) is 11.8 Å². The molecule has 2 aliphatic rings. The molecule has 26 heavy (non-hydrogen) atoms. The summed E-state index contributed by atoms with van der Waals surface area (Å²) in [6.45, 7) is 6.58. The third-order valence-corrected chi connectivity index (χ3v) is 6.74. The fourth-order valence-corrected chi connectivity index (χ4v) is 5.82. The summed E-state index contributed by atoms with van der Waals surface area (Å²) in [4.78, 5) is 0. The van der Waals surface area contributed by atoms with Gasteiger partial charge in [-0.25, -0.2) is 0 Å². The van der Waals surface area contributed by atoms with E-state index in [-0.39, 0.29) is 5.41 Å². The average molecular weight is 336 g/mol. The lowest BCUT2D eigenvalue weighted by molar-refractivity contribution is 0.622. The van der Waals surface area contributed by atoms with Gasteiger partial charge >= 0.3 is 0 Å². The van der Waals surface area contributed by atoms with E-state index in [0.29, 0.717) is 17.8 Å².